The topological polar surface area (TPSA) is 77.3 Å². The van der Waals surface area contributed by atoms with Crippen LogP contribution in [-0.4, -0.2) is 56.5 Å². The number of likely N-dealkylation sites (tertiary alicyclic amines) is 1. The number of aromatic nitrogens is 3. The summed E-state index contributed by atoms with van der Waals surface area (Å²) < 4.78 is 7.05. The fraction of sp³-hybridized carbons (Fsp3) is 0.500. The highest BCUT2D eigenvalue weighted by Crippen LogP contribution is 2.25. The van der Waals surface area contributed by atoms with E-state index in [4.69, 9.17) is 4.74 Å². The predicted molar refractivity (Wildman–Crippen MR) is 108 cm³/mol. The van der Waals surface area contributed by atoms with Crippen molar-refractivity contribution in [2.75, 3.05) is 18.9 Å². The predicted octanol–water partition coefficient (Wildman–Crippen LogP) is 2.92. The average Bonchev–Trinajstić information content (AvgIpc) is 3.16. The van der Waals surface area contributed by atoms with Crippen molar-refractivity contribution in [3.8, 4) is 5.69 Å². The number of carbonyl (C=O) groups is 2. The van der Waals surface area contributed by atoms with E-state index < -0.39 is 6.04 Å². The minimum atomic E-state index is -0.473. The van der Waals surface area contributed by atoms with Crippen molar-refractivity contribution < 1.29 is 14.3 Å². The molecule has 1 aromatic heterocycles. The molecule has 150 valence electrons. The molecule has 1 aliphatic rings. The molecule has 0 N–H and O–H groups in total. The maximum atomic E-state index is 12.8. The SMILES string of the molecule is CCOC(=O)[C@@H]1CCCCN1C(=O)CSc1nncn1-c1cc(C)ccc1C. The number of thioether (sulfide) groups is 1. The molecule has 7 nitrogen and oxygen atoms in total. The number of ether oxygens (including phenoxy) is 1. The van der Waals surface area contributed by atoms with Crippen molar-refractivity contribution in [2.24, 2.45) is 0 Å². The molecule has 0 spiro atoms. The molecule has 1 aliphatic heterocycles. The lowest BCUT2D eigenvalue weighted by Crippen LogP contribution is -2.49. The third kappa shape index (κ3) is 4.55. The zero-order valence-electron chi connectivity index (χ0n) is 16.6. The summed E-state index contributed by atoms with van der Waals surface area (Å²) >= 11 is 1.34. The number of amides is 1. The minimum absolute atomic E-state index is 0.0710. The minimum Gasteiger partial charge on any atom is -0.464 e. The second kappa shape index (κ2) is 9.23. The van der Waals surface area contributed by atoms with Gasteiger partial charge in [-0.15, -0.1) is 10.2 Å². The van der Waals surface area contributed by atoms with Gasteiger partial charge in [0.05, 0.1) is 18.0 Å². The molecule has 28 heavy (non-hydrogen) atoms. The number of hydrogen-bond acceptors (Lipinski definition) is 6. The lowest BCUT2D eigenvalue weighted by molar-refractivity contribution is -0.155. The fourth-order valence-corrected chi connectivity index (χ4v) is 4.20. The van der Waals surface area contributed by atoms with Crippen LogP contribution in [0.4, 0.5) is 0 Å². The van der Waals surface area contributed by atoms with E-state index in [9.17, 15) is 9.59 Å². The van der Waals surface area contributed by atoms with Crippen LogP contribution in [0.2, 0.25) is 0 Å². The lowest BCUT2D eigenvalue weighted by Gasteiger charge is -2.33. The molecule has 0 radical (unpaired) electrons. The van der Waals surface area contributed by atoms with Crippen molar-refractivity contribution in [1.29, 1.82) is 0 Å². The number of carbonyl (C=O) groups excluding carboxylic acids is 2. The molecule has 1 amide bonds. The average molecular weight is 403 g/mol. The summed E-state index contributed by atoms with van der Waals surface area (Å²) in [7, 11) is 0. The zero-order valence-corrected chi connectivity index (χ0v) is 17.4. The van der Waals surface area contributed by atoms with Gasteiger partial charge < -0.3 is 9.64 Å². The second-order valence-corrected chi connectivity index (χ2v) is 7.86. The molecule has 0 unspecified atom stereocenters. The Labute approximate surface area is 169 Å². The lowest BCUT2D eigenvalue weighted by atomic mass is 10.0. The Hall–Kier alpha value is -2.35. The number of rotatable bonds is 6. The van der Waals surface area contributed by atoms with Crippen LogP contribution in [0.5, 0.6) is 0 Å². The van der Waals surface area contributed by atoms with E-state index >= 15 is 0 Å². The largest absolute Gasteiger partial charge is 0.464 e. The molecule has 1 aromatic carbocycles. The van der Waals surface area contributed by atoms with Gasteiger partial charge in [-0.2, -0.15) is 0 Å². The highest BCUT2D eigenvalue weighted by molar-refractivity contribution is 7.99. The van der Waals surface area contributed by atoms with Gasteiger partial charge in [-0.25, -0.2) is 4.79 Å². The molecule has 2 heterocycles. The van der Waals surface area contributed by atoms with Gasteiger partial charge in [0.1, 0.15) is 12.4 Å². The van der Waals surface area contributed by atoms with Gasteiger partial charge in [-0.3, -0.25) is 9.36 Å². The molecule has 0 bridgehead atoms. The number of nitrogens with zero attached hydrogens (tertiary/aromatic N) is 4. The van der Waals surface area contributed by atoms with E-state index in [1.807, 2.05) is 18.4 Å². The van der Waals surface area contributed by atoms with Crippen LogP contribution in [0.25, 0.3) is 5.69 Å². The number of piperidine rings is 1. The monoisotopic (exact) mass is 402 g/mol. The molecule has 1 fully saturated rings. The molecule has 8 heteroatoms. The van der Waals surface area contributed by atoms with E-state index in [1.165, 1.54) is 11.8 Å². The normalized spacial score (nSPS) is 16.8. The summed E-state index contributed by atoms with van der Waals surface area (Å²) in [5, 5.41) is 8.86. The van der Waals surface area contributed by atoms with Crippen molar-refractivity contribution in [2.45, 2.75) is 51.2 Å². The molecule has 1 saturated heterocycles. The highest BCUT2D eigenvalue weighted by Gasteiger charge is 2.33. The standard InChI is InChI=1S/C20H26N4O3S/c1-4-27-19(26)16-7-5-6-10-23(16)18(25)12-28-20-22-21-13-24(20)17-11-14(2)8-9-15(17)3/h8-9,11,13,16H,4-7,10,12H2,1-3H3/t16-/m0/s1. The fourth-order valence-electron chi connectivity index (χ4n) is 3.39. The molecule has 2 aromatic rings. The van der Waals surface area contributed by atoms with Gasteiger partial charge in [-0.05, 0) is 57.2 Å². The van der Waals surface area contributed by atoms with Gasteiger partial charge in [0.2, 0.25) is 5.91 Å². The van der Waals surface area contributed by atoms with Gasteiger partial charge in [-0.1, -0.05) is 23.9 Å². The van der Waals surface area contributed by atoms with E-state index in [2.05, 4.69) is 28.4 Å². The van der Waals surface area contributed by atoms with E-state index in [0.717, 1.165) is 29.7 Å². The van der Waals surface area contributed by atoms with Crippen molar-refractivity contribution >= 4 is 23.6 Å². The second-order valence-electron chi connectivity index (χ2n) is 6.91. The summed E-state index contributed by atoms with van der Waals surface area (Å²) in [6.07, 6.45) is 4.16. The van der Waals surface area contributed by atoms with Gasteiger partial charge in [0.25, 0.3) is 0 Å². The summed E-state index contributed by atoms with van der Waals surface area (Å²) in [5.41, 5.74) is 3.26. The Morgan fingerprint density at radius 1 is 1.29 bits per heavy atom. The van der Waals surface area contributed by atoms with E-state index in [-0.39, 0.29) is 17.6 Å². The Bertz CT molecular complexity index is 852. The van der Waals surface area contributed by atoms with Crippen LogP contribution < -0.4 is 0 Å². The third-order valence-electron chi connectivity index (χ3n) is 4.85. The first-order chi connectivity index (χ1) is 13.5. The van der Waals surface area contributed by atoms with E-state index in [0.29, 0.717) is 24.7 Å². The maximum absolute atomic E-state index is 12.8. The van der Waals surface area contributed by atoms with Crippen LogP contribution in [0.15, 0.2) is 29.7 Å². The first-order valence-electron chi connectivity index (χ1n) is 9.57. The first-order valence-corrected chi connectivity index (χ1v) is 10.6. The quantitative estimate of drug-likeness (QED) is 0.546. The Morgan fingerprint density at radius 2 is 2.11 bits per heavy atom. The van der Waals surface area contributed by atoms with Gasteiger partial charge in [0.15, 0.2) is 5.16 Å². The van der Waals surface area contributed by atoms with Gasteiger partial charge in [0, 0.05) is 6.54 Å². The molecule has 0 aliphatic carbocycles. The first kappa shape index (κ1) is 20.4. The van der Waals surface area contributed by atoms with Crippen molar-refractivity contribution in [1.82, 2.24) is 19.7 Å². The van der Waals surface area contributed by atoms with Gasteiger partial charge >= 0.3 is 5.97 Å². The van der Waals surface area contributed by atoms with Crippen LogP contribution >= 0.6 is 11.8 Å². The summed E-state index contributed by atoms with van der Waals surface area (Å²) in [5.74, 6) is -0.170. The molecular weight excluding hydrogens is 376 g/mol. The Kier molecular flexibility index (Phi) is 6.72. The molecule has 3 rings (SSSR count). The van der Waals surface area contributed by atoms with Crippen molar-refractivity contribution in [3.05, 3.63) is 35.7 Å². The van der Waals surface area contributed by atoms with Crippen LogP contribution in [0.1, 0.15) is 37.3 Å². The molecule has 1 atom stereocenters. The van der Waals surface area contributed by atoms with Crippen LogP contribution in [0.3, 0.4) is 0 Å². The smallest absolute Gasteiger partial charge is 0.328 e. The van der Waals surface area contributed by atoms with Crippen LogP contribution in [0, 0.1) is 13.8 Å². The number of esters is 1. The summed E-state index contributed by atoms with van der Waals surface area (Å²) in [6.45, 7) is 6.77. The zero-order chi connectivity index (χ0) is 20.1. The Morgan fingerprint density at radius 3 is 2.89 bits per heavy atom. The Balaban J connectivity index is 1.70. The van der Waals surface area contributed by atoms with E-state index in [1.54, 1.807) is 18.2 Å². The van der Waals surface area contributed by atoms with Crippen molar-refractivity contribution in [3.63, 3.8) is 0 Å². The number of hydrogen-bond donors (Lipinski definition) is 0. The molecular formula is C20H26N4O3S. The van der Waals surface area contributed by atoms with Crippen LogP contribution in [-0.2, 0) is 14.3 Å². The molecule has 0 saturated carbocycles. The maximum Gasteiger partial charge on any atom is 0.328 e. The number of aryl methyl sites for hydroxylation is 2. The summed E-state index contributed by atoms with van der Waals surface area (Å²) in [4.78, 5) is 26.7. The summed E-state index contributed by atoms with van der Waals surface area (Å²) in [6, 6.07) is 5.72. The third-order valence-corrected chi connectivity index (χ3v) is 5.78. The number of benzene rings is 1. The highest BCUT2D eigenvalue weighted by atomic mass is 32.2.